The van der Waals surface area contributed by atoms with Crippen LogP contribution in [-0.4, -0.2) is 30.3 Å². The van der Waals surface area contributed by atoms with Gasteiger partial charge in [-0.05, 0) is 26.1 Å². The molecule has 0 radical (unpaired) electrons. The molecule has 2 rings (SSSR count). The lowest BCUT2D eigenvalue weighted by Gasteiger charge is -1.98. The lowest BCUT2D eigenvalue weighted by molar-refractivity contribution is 0.0518. The van der Waals surface area contributed by atoms with Crippen LogP contribution >= 0.6 is 47.3 Å². The number of nitrogen functional groups attached to an aromatic ring is 1. The minimum atomic E-state index is -0.368. The number of thiocarbonyl (C=S) groups is 1. The number of carbonyl (C=O) groups excluding carboxylic acids is 2. The summed E-state index contributed by atoms with van der Waals surface area (Å²) in [5.74, 6) is -0.709. The molecule has 2 aromatic rings. The van der Waals surface area contributed by atoms with E-state index in [1.54, 1.807) is 35.4 Å². The molecule has 2 aromatic heterocycles. The number of ether oxygens (including phenoxy) is 2. The van der Waals surface area contributed by atoms with Crippen molar-refractivity contribution in [2.75, 3.05) is 18.9 Å². The summed E-state index contributed by atoms with van der Waals surface area (Å²) in [5.41, 5.74) is 7.42. The molecule has 0 unspecified atom stereocenters. The van der Waals surface area contributed by atoms with Crippen molar-refractivity contribution >= 4 is 75.8 Å². The van der Waals surface area contributed by atoms with Crippen molar-refractivity contribution in [3.63, 3.8) is 0 Å². The van der Waals surface area contributed by atoms with Crippen LogP contribution in [0.25, 0.3) is 0 Å². The Labute approximate surface area is 165 Å². The Morgan fingerprint density at radius 2 is 1.60 bits per heavy atom. The topological polar surface area (TPSA) is 91.0 Å². The molecule has 2 N–H and O–H groups in total. The third-order valence-electron chi connectivity index (χ3n) is 2.49. The van der Waals surface area contributed by atoms with Gasteiger partial charge in [-0.25, -0.2) is 9.59 Å². The van der Waals surface area contributed by atoms with E-state index >= 15 is 0 Å². The van der Waals surface area contributed by atoms with Crippen molar-refractivity contribution in [3.8, 4) is 0 Å². The number of nitrogens with zero attached hydrogens (tertiary/aromatic N) is 1. The number of aliphatic imine (C=N–C) groups is 1. The molecular formula is C15H17ClN2O4S3. The van der Waals surface area contributed by atoms with Gasteiger partial charge in [-0.1, -0.05) is 0 Å². The molecule has 0 aliphatic heterocycles. The van der Waals surface area contributed by atoms with Crippen LogP contribution in [0.15, 0.2) is 26.5 Å². The Balaban J connectivity index is 0.000000449. The number of esters is 2. The first kappa shape index (κ1) is 23.2. The first-order valence-electron chi connectivity index (χ1n) is 6.85. The predicted molar refractivity (Wildman–Crippen MR) is 107 cm³/mol. The maximum atomic E-state index is 11.3. The molecular weight excluding hydrogens is 404 g/mol. The van der Waals surface area contributed by atoms with Gasteiger partial charge in [-0.3, -0.25) is 0 Å². The van der Waals surface area contributed by atoms with Gasteiger partial charge in [-0.2, -0.15) is 4.99 Å². The van der Waals surface area contributed by atoms with E-state index in [2.05, 4.69) is 22.4 Å². The van der Waals surface area contributed by atoms with E-state index in [4.69, 9.17) is 15.2 Å². The normalized spacial score (nSPS) is 8.88. The summed E-state index contributed by atoms with van der Waals surface area (Å²) in [4.78, 5) is 26.0. The number of rotatable bonds is 5. The predicted octanol–water partition coefficient (Wildman–Crippen LogP) is 4.59. The molecule has 0 aromatic carbocycles. The Bertz CT molecular complexity index is 739. The van der Waals surface area contributed by atoms with E-state index in [0.29, 0.717) is 35.7 Å². The van der Waals surface area contributed by atoms with Gasteiger partial charge in [0.1, 0.15) is 0 Å². The molecule has 0 fully saturated rings. The second-order valence-electron chi connectivity index (χ2n) is 4.06. The van der Waals surface area contributed by atoms with Gasteiger partial charge in [-0.15, -0.1) is 35.1 Å². The van der Waals surface area contributed by atoms with Gasteiger partial charge in [0, 0.05) is 21.5 Å². The smallest absolute Gasteiger partial charge is 0.341 e. The minimum Gasteiger partial charge on any atom is -0.462 e. The molecule has 136 valence electrons. The summed E-state index contributed by atoms with van der Waals surface area (Å²) in [6.07, 6.45) is 0. The highest BCUT2D eigenvalue weighted by molar-refractivity contribution is 7.78. The highest BCUT2D eigenvalue weighted by atomic mass is 35.5. The lowest BCUT2D eigenvalue weighted by atomic mass is 10.3. The monoisotopic (exact) mass is 420 g/mol. The Morgan fingerprint density at radius 3 is 2.08 bits per heavy atom. The molecule has 6 nitrogen and oxygen atoms in total. The zero-order valence-electron chi connectivity index (χ0n) is 13.5. The molecule has 0 aliphatic carbocycles. The second kappa shape index (κ2) is 12.6. The summed E-state index contributed by atoms with van der Waals surface area (Å²) >= 11 is 7.22. The van der Waals surface area contributed by atoms with Crippen LogP contribution in [0.4, 0.5) is 11.4 Å². The van der Waals surface area contributed by atoms with Crippen LogP contribution < -0.4 is 5.73 Å². The molecule has 2 heterocycles. The van der Waals surface area contributed by atoms with Crippen molar-refractivity contribution < 1.29 is 19.1 Å². The highest BCUT2D eigenvalue weighted by Gasteiger charge is 2.12. The van der Waals surface area contributed by atoms with Gasteiger partial charge in [0.15, 0.2) is 0 Å². The summed E-state index contributed by atoms with van der Waals surface area (Å²) in [7, 11) is 0. The number of hydrogen-bond acceptors (Lipinski definition) is 9. The van der Waals surface area contributed by atoms with Crippen LogP contribution in [0.5, 0.6) is 0 Å². The average molecular weight is 421 g/mol. The summed E-state index contributed by atoms with van der Waals surface area (Å²) in [6.45, 7) is 4.26. The van der Waals surface area contributed by atoms with Crippen LogP contribution in [-0.2, 0) is 9.47 Å². The molecule has 0 saturated heterocycles. The molecule has 0 aliphatic rings. The summed E-state index contributed by atoms with van der Waals surface area (Å²) in [5, 5.41) is 9.03. The Hall–Kier alpha value is -1.77. The van der Waals surface area contributed by atoms with Crippen molar-refractivity contribution in [2.45, 2.75) is 13.8 Å². The van der Waals surface area contributed by atoms with Crippen molar-refractivity contribution in [2.24, 2.45) is 4.99 Å². The number of anilines is 1. The Morgan fingerprint density at radius 1 is 1.08 bits per heavy atom. The molecule has 10 heteroatoms. The first-order chi connectivity index (χ1) is 11.5. The molecule has 0 atom stereocenters. The molecule has 0 amide bonds. The van der Waals surface area contributed by atoms with Gasteiger partial charge in [0.25, 0.3) is 0 Å². The fourth-order valence-corrected chi connectivity index (χ4v) is 3.01. The maximum Gasteiger partial charge on any atom is 0.341 e. The number of carbonyl (C=O) groups is 2. The number of isothiocyanates is 1. The van der Waals surface area contributed by atoms with Crippen LogP contribution in [0, 0.1) is 0 Å². The van der Waals surface area contributed by atoms with Gasteiger partial charge in [0.05, 0.1) is 40.9 Å². The molecule has 0 saturated carbocycles. The second-order valence-corrected chi connectivity index (χ2v) is 5.73. The van der Waals surface area contributed by atoms with Crippen molar-refractivity contribution in [1.29, 1.82) is 0 Å². The van der Waals surface area contributed by atoms with Crippen LogP contribution in [0.1, 0.15) is 34.6 Å². The van der Waals surface area contributed by atoms with E-state index in [1.807, 2.05) is 0 Å². The van der Waals surface area contributed by atoms with Gasteiger partial charge >= 0.3 is 11.9 Å². The number of nitrogens with two attached hydrogens (primary N) is 1. The molecule has 25 heavy (non-hydrogen) atoms. The lowest BCUT2D eigenvalue weighted by Crippen LogP contribution is -2.05. The zero-order chi connectivity index (χ0) is 17.9. The zero-order valence-corrected chi connectivity index (χ0v) is 16.8. The van der Waals surface area contributed by atoms with Crippen molar-refractivity contribution in [1.82, 2.24) is 0 Å². The third-order valence-corrected chi connectivity index (χ3v) is 4.07. The van der Waals surface area contributed by atoms with Gasteiger partial charge < -0.3 is 15.2 Å². The highest BCUT2D eigenvalue weighted by Crippen LogP contribution is 2.24. The van der Waals surface area contributed by atoms with E-state index in [9.17, 15) is 9.59 Å². The van der Waals surface area contributed by atoms with Crippen LogP contribution in [0.2, 0.25) is 0 Å². The number of hydrogen-bond donors (Lipinski definition) is 1. The Kier molecular flexibility index (Phi) is 11.7. The largest absolute Gasteiger partial charge is 0.462 e. The standard InChI is InChI=1S/C8H7NO2S2.C7H9NO2S.ClH/c1-2-11-8(10)6-3-13-4-7(6)9-5-12;1-2-10-7(9)5-3-11-4-6(5)8;/h3-4H,2H2,1H3;3-4H,2,8H2,1H3;1H. The van der Waals surface area contributed by atoms with E-state index in [0.717, 1.165) is 0 Å². The van der Waals surface area contributed by atoms with Gasteiger partial charge in [0.2, 0.25) is 0 Å². The van der Waals surface area contributed by atoms with Crippen LogP contribution in [0.3, 0.4) is 0 Å². The summed E-state index contributed by atoms with van der Waals surface area (Å²) in [6, 6.07) is 0. The first-order valence-corrected chi connectivity index (χ1v) is 9.14. The fourth-order valence-electron chi connectivity index (χ4n) is 1.47. The number of halogens is 1. The molecule has 0 bridgehead atoms. The van der Waals surface area contributed by atoms with E-state index < -0.39 is 0 Å². The van der Waals surface area contributed by atoms with Crippen molar-refractivity contribution in [3.05, 3.63) is 32.6 Å². The molecule has 0 spiro atoms. The minimum absolute atomic E-state index is 0. The average Bonchev–Trinajstić information content (AvgIpc) is 3.18. The third kappa shape index (κ3) is 7.33. The van der Waals surface area contributed by atoms with E-state index in [1.165, 1.54) is 22.7 Å². The van der Waals surface area contributed by atoms with E-state index in [-0.39, 0.29) is 24.3 Å². The summed E-state index contributed by atoms with van der Waals surface area (Å²) < 4.78 is 9.57. The number of thiophene rings is 2. The SMILES string of the molecule is CCOC(=O)c1cscc1N.CCOC(=O)c1cscc1N=C=S.Cl. The quantitative estimate of drug-likeness (QED) is 0.432. The maximum absolute atomic E-state index is 11.3. The fraction of sp³-hybridized carbons (Fsp3) is 0.267.